The van der Waals surface area contributed by atoms with E-state index in [1.54, 1.807) is 0 Å². The molecule has 0 radical (unpaired) electrons. The highest BCUT2D eigenvalue weighted by molar-refractivity contribution is 7.26. The van der Waals surface area contributed by atoms with E-state index in [0.29, 0.717) is 0 Å². The van der Waals surface area contributed by atoms with Gasteiger partial charge in [0, 0.05) is 31.2 Å². The largest absolute Gasteiger partial charge is 0.135 e. The van der Waals surface area contributed by atoms with Gasteiger partial charge in [-0.3, -0.25) is 0 Å². The molecule has 1 aliphatic rings. The maximum absolute atomic E-state index is 2.47. The van der Waals surface area contributed by atoms with Gasteiger partial charge in [0.2, 0.25) is 0 Å². The summed E-state index contributed by atoms with van der Waals surface area (Å²) in [7, 11) is 0. The van der Waals surface area contributed by atoms with Crippen LogP contribution in [-0.2, 0) is 16.2 Å². The lowest BCUT2D eigenvalue weighted by atomic mass is 9.79. The van der Waals surface area contributed by atoms with Gasteiger partial charge >= 0.3 is 0 Å². The minimum Gasteiger partial charge on any atom is -0.135 e. The molecule has 0 spiro atoms. The lowest BCUT2D eigenvalue weighted by Gasteiger charge is -2.25. The van der Waals surface area contributed by atoms with Crippen molar-refractivity contribution >= 4 is 31.5 Å². The summed E-state index contributed by atoms with van der Waals surface area (Å²) in [6, 6.07) is 28.0. The van der Waals surface area contributed by atoms with Crippen LogP contribution in [0.1, 0.15) is 77.6 Å². The van der Waals surface area contributed by atoms with E-state index in [4.69, 9.17) is 0 Å². The summed E-state index contributed by atoms with van der Waals surface area (Å²) in [5, 5.41) is 2.74. The lowest BCUT2D eigenvalue weighted by Crippen LogP contribution is -2.17. The zero-order valence-corrected chi connectivity index (χ0v) is 23.7. The minimum absolute atomic E-state index is 0.0163. The Bertz CT molecular complexity index is 1660. The molecule has 1 heteroatoms. The second-order valence-electron chi connectivity index (χ2n) is 13.1. The number of fused-ring (bicyclic) bond motifs is 6. The van der Waals surface area contributed by atoms with Gasteiger partial charge in [-0.1, -0.05) is 122 Å². The van der Waals surface area contributed by atoms with E-state index in [2.05, 4.69) is 128 Å². The van der Waals surface area contributed by atoms with Crippen molar-refractivity contribution in [1.29, 1.82) is 0 Å². The Kier molecular flexibility index (Phi) is 4.93. The van der Waals surface area contributed by atoms with Gasteiger partial charge in [0.15, 0.2) is 0 Å². The number of hydrogen-bond donors (Lipinski definition) is 0. The van der Waals surface area contributed by atoms with E-state index < -0.39 is 0 Å². The second kappa shape index (κ2) is 7.56. The maximum Gasteiger partial charge on any atom is 0.0434 e. The van der Waals surface area contributed by atoms with Gasteiger partial charge in [-0.25, -0.2) is 0 Å². The summed E-state index contributed by atoms with van der Waals surface area (Å²) in [5.41, 5.74) is 11.5. The van der Waals surface area contributed by atoms with Crippen molar-refractivity contribution in [1.82, 2.24) is 0 Å². The molecule has 0 atom stereocenters. The van der Waals surface area contributed by atoms with Crippen LogP contribution < -0.4 is 0 Å². The highest BCUT2D eigenvalue weighted by Crippen LogP contribution is 2.54. The smallest absolute Gasteiger partial charge is 0.0434 e. The minimum atomic E-state index is -0.0163. The van der Waals surface area contributed by atoms with Crippen molar-refractivity contribution in [2.24, 2.45) is 0 Å². The Labute approximate surface area is 220 Å². The molecule has 182 valence electrons. The van der Waals surface area contributed by atoms with Crippen LogP contribution in [-0.4, -0.2) is 0 Å². The fraction of sp³-hybridized carbons (Fsp3) is 0.314. The molecule has 1 aromatic heterocycles. The molecule has 1 aliphatic carbocycles. The zero-order chi connectivity index (χ0) is 25.6. The van der Waals surface area contributed by atoms with Crippen LogP contribution in [0.25, 0.3) is 42.4 Å². The van der Waals surface area contributed by atoms with E-state index in [1.807, 2.05) is 11.3 Å². The van der Waals surface area contributed by atoms with Crippen LogP contribution in [0.15, 0.2) is 72.8 Å². The van der Waals surface area contributed by atoms with Crippen molar-refractivity contribution in [3.8, 4) is 22.3 Å². The fourth-order valence-corrected chi connectivity index (χ4v) is 7.23. The first kappa shape index (κ1) is 23.5. The van der Waals surface area contributed by atoms with Gasteiger partial charge in [-0.15, -0.1) is 11.3 Å². The zero-order valence-electron chi connectivity index (χ0n) is 22.8. The number of rotatable bonds is 1. The first-order chi connectivity index (χ1) is 16.9. The van der Waals surface area contributed by atoms with E-state index >= 15 is 0 Å². The Balaban J connectivity index is 1.62. The van der Waals surface area contributed by atoms with E-state index in [0.717, 1.165) is 0 Å². The van der Waals surface area contributed by atoms with Crippen LogP contribution >= 0.6 is 11.3 Å². The van der Waals surface area contributed by atoms with Crippen LogP contribution in [0.4, 0.5) is 0 Å². The summed E-state index contributed by atoms with van der Waals surface area (Å²) in [6.45, 7) is 18.6. The molecule has 0 bridgehead atoms. The van der Waals surface area contributed by atoms with Crippen LogP contribution in [0.5, 0.6) is 0 Å². The predicted molar refractivity (Wildman–Crippen MR) is 160 cm³/mol. The van der Waals surface area contributed by atoms with Gasteiger partial charge in [0.1, 0.15) is 0 Å². The Morgan fingerprint density at radius 2 is 1.22 bits per heavy atom. The summed E-state index contributed by atoms with van der Waals surface area (Å²) in [6.07, 6.45) is 0. The number of thiophene rings is 1. The quantitative estimate of drug-likeness (QED) is 0.220. The van der Waals surface area contributed by atoms with Crippen molar-refractivity contribution < 1.29 is 0 Å². The molecule has 36 heavy (non-hydrogen) atoms. The van der Waals surface area contributed by atoms with Crippen LogP contribution in [0, 0.1) is 0 Å². The van der Waals surface area contributed by atoms with Crippen LogP contribution in [0.2, 0.25) is 0 Å². The maximum atomic E-state index is 2.47. The summed E-state index contributed by atoms with van der Waals surface area (Å²) >= 11 is 1.95. The molecule has 0 saturated heterocycles. The molecule has 5 aromatic rings. The van der Waals surface area contributed by atoms with E-state index in [1.165, 1.54) is 64.7 Å². The highest BCUT2D eigenvalue weighted by Gasteiger charge is 2.37. The second-order valence-corrected chi connectivity index (χ2v) is 14.2. The first-order valence-electron chi connectivity index (χ1n) is 13.1. The number of benzene rings is 4. The Morgan fingerprint density at radius 3 is 1.94 bits per heavy atom. The Hall–Kier alpha value is -2.90. The van der Waals surface area contributed by atoms with Gasteiger partial charge in [-0.2, -0.15) is 0 Å². The first-order valence-corrected chi connectivity index (χ1v) is 13.9. The van der Waals surface area contributed by atoms with Gasteiger partial charge in [0.25, 0.3) is 0 Å². The average molecular weight is 489 g/mol. The third kappa shape index (κ3) is 3.40. The van der Waals surface area contributed by atoms with Crippen molar-refractivity contribution in [2.75, 3.05) is 0 Å². The molecule has 4 aromatic carbocycles. The number of hydrogen-bond acceptors (Lipinski definition) is 1. The van der Waals surface area contributed by atoms with E-state index in [9.17, 15) is 0 Å². The predicted octanol–water partition coefficient (Wildman–Crippen LogP) is 10.6. The van der Waals surface area contributed by atoms with Crippen molar-refractivity contribution in [3.05, 3.63) is 95.1 Å². The summed E-state index contributed by atoms with van der Waals surface area (Å²) in [5.74, 6) is 0. The van der Waals surface area contributed by atoms with Gasteiger partial charge < -0.3 is 0 Å². The molecule has 0 unspecified atom stereocenters. The highest BCUT2D eigenvalue weighted by atomic mass is 32.1. The molecular formula is C35H36S. The van der Waals surface area contributed by atoms with Crippen molar-refractivity contribution in [2.45, 2.75) is 71.6 Å². The average Bonchev–Trinajstić information content (AvgIpc) is 3.30. The summed E-state index contributed by atoms with van der Waals surface area (Å²) < 4.78 is 2.78. The standard InChI is InChI=1S/C35H36S/c1-33(2,3)21-16-18-27-29(19-21)35(7,8)28-14-10-11-24(31(27)28)26-13-9-12-25-23-17-15-22(34(4,5)6)20-30(23)36-32(25)26/h9-20H,1-8H3. The topological polar surface area (TPSA) is 0 Å². The molecule has 6 rings (SSSR count). The fourth-order valence-electron chi connectivity index (χ4n) is 5.96. The Morgan fingerprint density at radius 1 is 0.583 bits per heavy atom. The molecule has 0 aliphatic heterocycles. The van der Waals surface area contributed by atoms with Crippen molar-refractivity contribution in [3.63, 3.8) is 0 Å². The SMILES string of the molecule is CC(C)(C)c1ccc2c(c1)C(C)(C)c1cccc(-c3cccc4c3sc3cc(C(C)(C)C)ccc34)c1-2. The van der Waals surface area contributed by atoms with Gasteiger partial charge in [0.05, 0.1) is 0 Å². The molecule has 0 saturated carbocycles. The molecular weight excluding hydrogens is 452 g/mol. The molecule has 0 amide bonds. The molecule has 0 N–H and O–H groups in total. The normalized spacial score (nSPS) is 14.9. The van der Waals surface area contributed by atoms with Crippen LogP contribution in [0.3, 0.4) is 0 Å². The monoisotopic (exact) mass is 488 g/mol. The third-order valence-corrected chi connectivity index (χ3v) is 9.42. The summed E-state index contributed by atoms with van der Waals surface area (Å²) in [4.78, 5) is 0. The molecule has 0 nitrogen and oxygen atoms in total. The van der Waals surface area contributed by atoms with Gasteiger partial charge in [-0.05, 0) is 55.8 Å². The van der Waals surface area contributed by atoms with E-state index in [-0.39, 0.29) is 16.2 Å². The molecule has 0 fully saturated rings. The lowest BCUT2D eigenvalue weighted by molar-refractivity contribution is 0.584. The molecule has 1 heterocycles. The third-order valence-electron chi connectivity index (χ3n) is 8.22.